The van der Waals surface area contributed by atoms with Gasteiger partial charge in [-0.1, -0.05) is 16.4 Å². The van der Waals surface area contributed by atoms with Crippen molar-refractivity contribution in [1.82, 2.24) is 15.5 Å². The summed E-state index contributed by atoms with van der Waals surface area (Å²) in [5.41, 5.74) is 0. The first kappa shape index (κ1) is 13.3. The molecule has 2 atom stereocenters. The van der Waals surface area contributed by atoms with E-state index in [2.05, 4.69) is 29.4 Å². The Bertz CT molecular complexity index is 412. The average Bonchev–Trinajstić information content (AvgIpc) is 3.06. The monoisotopic (exact) mass is 283 g/mol. The van der Waals surface area contributed by atoms with Gasteiger partial charge in [0.15, 0.2) is 0 Å². The first-order chi connectivity index (χ1) is 9.19. The van der Waals surface area contributed by atoms with Gasteiger partial charge in [-0.05, 0) is 26.7 Å². The molecule has 0 amide bonds. The minimum Gasteiger partial charge on any atom is -0.465 e. The molecule has 1 saturated heterocycles. The molecule has 0 spiro atoms. The Morgan fingerprint density at radius 2 is 2.00 bits per heavy atom. The second-order valence-electron chi connectivity index (χ2n) is 5.59. The van der Waals surface area contributed by atoms with E-state index < -0.39 is 0 Å². The number of nitrogens with one attached hydrogen (secondary N) is 1. The predicted octanol–water partition coefficient (Wildman–Crippen LogP) is 2.12. The van der Waals surface area contributed by atoms with E-state index in [0.29, 0.717) is 11.2 Å². The van der Waals surface area contributed by atoms with Crippen molar-refractivity contribution >= 4 is 11.3 Å². The zero-order chi connectivity index (χ0) is 13.2. The van der Waals surface area contributed by atoms with Crippen LogP contribution in [0.25, 0.3) is 0 Å². The van der Waals surface area contributed by atoms with Crippen LogP contribution in [-0.4, -0.2) is 34.6 Å². The SMILES string of the molecule is CC1CC(Oc2nnc(CNC3CC3)s2)CC(C)O1. The molecule has 3 rings (SSSR count). The number of ether oxygens (including phenoxy) is 2. The van der Waals surface area contributed by atoms with Crippen molar-refractivity contribution in [3.05, 3.63) is 5.01 Å². The summed E-state index contributed by atoms with van der Waals surface area (Å²) in [4.78, 5) is 0. The van der Waals surface area contributed by atoms with Crippen LogP contribution in [0, 0.1) is 0 Å². The van der Waals surface area contributed by atoms with E-state index in [1.807, 2.05) is 0 Å². The molecule has 6 heteroatoms. The second kappa shape index (κ2) is 5.73. The molecule has 19 heavy (non-hydrogen) atoms. The van der Waals surface area contributed by atoms with Gasteiger partial charge in [-0.15, -0.1) is 5.10 Å². The normalized spacial score (nSPS) is 31.4. The van der Waals surface area contributed by atoms with Crippen LogP contribution in [0.1, 0.15) is 44.5 Å². The Balaban J connectivity index is 1.51. The zero-order valence-corrected chi connectivity index (χ0v) is 12.3. The van der Waals surface area contributed by atoms with Crippen molar-refractivity contribution in [3.63, 3.8) is 0 Å². The fourth-order valence-corrected chi connectivity index (χ4v) is 3.16. The van der Waals surface area contributed by atoms with Gasteiger partial charge < -0.3 is 14.8 Å². The van der Waals surface area contributed by atoms with Crippen LogP contribution in [0.15, 0.2) is 0 Å². The van der Waals surface area contributed by atoms with Crippen LogP contribution in [0.5, 0.6) is 5.19 Å². The molecule has 2 fully saturated rings. The quantitative estimate of drug-likeness (QED) is 0.897. The van der Waals surface area contributed by atoms with Crippen LogP contribution in [0.4, 0.5) is 0 Å². The Hall–Kier alpha value is -0.720. The maximum atomic E-state index is 5.94. The lowest BCUT2D eigenvalue weighted by Crippen LogP contribution is -2.35. The molecule has 1 aliphatic carbocycles. The molecule has 2 unspecified atom stereocenters. The van der Waals surface area contributed by atoms with Crippen molar-refractivity contribution in [2.24, 2.45) is 0 Å². The third-order valence-electron chi connectivity index (χ3n) is 3.49. The van der Waals surface area contributed by atoms with Crippen molar-refractivity contribution in [2.75, 3.05) is 0 Å². The second-order valence-corrected chi connectivity index (χ2v) is 6.61. The van der Waals surface area contributed by atoms with Gasteiger partial charge in [-0.3, -0.25) is 0 Å². The Morgan fingerprint density at radius 3 is 2.68 bits per heavy atom. The highest BCUT2D eigenvalue weighted by molar-refractivity contribution is 7.13. The summed E-state index contributed by atoms with van der Waals surface area (Å²) in [7, 11) is 0. The minimum atomic E-state index is 0.205. The highest BCUT2D eigenvalue weighted by Gasteiger charge is 2.27. The topological polar surface area (TPSA) is 56.3 Å². The fourth-order valence-electron chi connectivity index (χ4n) is 2.46. The van der Waals surface area contributed by atoms with E-state index in [0.717, 1.165) is 24.4 Å². The molecule has 5 nitrogen and oxygen atoms in total. The van der Waals surface area contributed by atoms with E-state index in [4.69, 9.17) is 9.47 Å². The molecular formula is C13H21N3O2S. The van der Waals surface area contributed by atoms with Gasteiger partial charge in [0.2, 0.25) is 0 Å². The van der Waals surface area contributed by atoms with Crippen molar-refractivity contribution in [1.29, 1.82) is 0 Å². The molecule has 1 aromatic rings. The molecule has 1 aliphatic heterocycles. The number of nitrogens with zero attached hydrogens (tertiary/aromatic N) is 2. The standard InChI is InChI=1S/C13H21N3O2S/c1-8-5-11(6-9(2)17-8)18-13-16-15-12(19-13)7-14-10-3-4-10/h8-11,14H,3-7H2,1-2H3. The fraction of sp³-hybridized carbons (Fsp3) is 0.846. The molecule has 0 radical (unpaired) electrons. The molecule has 0 aromatic carbocycles. The minimum absolute atomic E-state index is 0.205. The van der Waals surface area contributed by atoms with Crippen molar-refractivity contribution in [2.45, 2.75) is 70.4 Å². The van der Waals surface area contributed by atoms with Crippen molar-refractivity contribution < 1.29 is 9.47 Å². The van der Waals surface area contributed by atoms with Gasteiger partial charge in [0.1, 0.15) is 11.1 Å². The van der Waals surface area contributed by atoms with Gasteiger partial charge in [-0.2, -0.15) is 0 Å². The Morgan fingerprint density at radius 1 is 1.26 bits per heavy atom. The molecule has 106 valence electrons. The highest BCUT2D eigenvalue weighted by atomic mass is 32.1. The molecule has 1 aromatic heterocycles. The predicted molar refractivity (Wildman–Crippen MR) is 73.4 cm³/mol. The third-order valence-corrected chi connectivity index (χ3v) is 4.30. The molecule has 2 aliphatic rings. The van der Waals surface area contributed by atoms with Gasteiger partial charge in [0, 0.05) is 18.9 Å². The molecule has 0 bridgehead atoms. The molecule has 2 heterocycles. The zero-order valence-electron chi connectivity index (χ0n) is 11.5. The maximum Gasteiger partial charge on any atom is 0.294 e. The van der Waals surface area contributed by atoms with E-state index in [1.54, 1.807) is 11.3 Å². The molecular weight excluding hydrogens is 262 g/mol. The van der Waals surface area contributed by atoms with Crippen LogP contribution in [0.2, 0.25) is 0 Å². The van der Waals surface area contributed by atoms with Crippen LogP contribution in [0.3, 0.4) is 0 Å². The number of aromatic nitrogens is 2. The summed E-state index contributed by atoms with van der Waals surface area (Å²) in [6, 6.07) is 0.700. The van der Waals surface area contributed by atoms with Crippen LogP contribution >= 0.6 is 11.3 Å². The Labute approximate surface area is 117 Å². The van der Waals surface area contributed by atoms with Gasteiger partial charge in [0.25, 0.3) is 5.19 Å². The van der Waals surface area contributed by atoms with Gasteiger partial charge in [-0.25, -0.2) is 0 Å². The third kappa shape index (κ3) is 3.87. The lowest BCUT2D eigenvalue weighted by molar-refractivity contribution is -0.0722. The highest BCUT2D eigenvalue weighted by Crippen LogP contribution is 2.27. The number of hydrogen-bond donors (Lipinski definition) is 1. The van der Waals surface area contributed by atoms with E-state index in [9.17, 15) is 0 Å². The van der Waals surface area contributed by atoms with Crippen LogP contribution < -0.4 is 10.1 Å². The largest absolute Gasteiger partial charge is 0.465 e. The summed E-state index contributed by atoms with van der Waals surface area (Å²) in [5, 5.41) is 13.4. The first-order valence-electron chi connectivity index (χ1n) is 7.07. The molecule has 1 saturated carbocycles. The average molecular weight is 283 g/mol. The van der Waals surface area contributed by atoms with E-state index >= 15 is 0 Å². The van der Waals surface area contributed by atoms with E-state index in [1.165, 1.54) is 12.8 Å². The summed E-state index contributed by atoms with van der Waals surface area (Å²) in [6.45, 7) is 5.00. The Kier molecular flexibility index (Phi) is 4.00. The van der Waals surface area contributed by atoms with E-state index in [-0.39, 0.29) is 18.3 Å². The summed E-state index contributed by atoms with van der Waals surface area (Å²) >= 11 is 1.55. The lowest BCUT2D eigenvalue weighted by Gasteiger charge is -2.31. The van der Waals surface area contributed by atoms with Crippen LogP contribution in [-0.2, 0) is 11.3 Å². The number of rotatable bonds is 5. The van der Waals surface area contributed by atoms with Gasteiger partial charge in [0.05, 0.1) is 18.8 Å². The smallest absolute Gasteiger partial charge is 0.294 e. The summed E-state index contributed by atoms with van der Waals surface area (Å²) < 4.78 is 11.6. The van der Waals surface area contributed by atoms with Gasteiger partial charge >= 0.3 is 0 Å². The molecule has 1 N–H and O–H groups in total. The maximum absolute atomic E-state index is 5.94. The summed E-state index contributed by atoms with van der Waals surface area (Å²) in [6.07, 6.45) is 5.17. The van der Waals surface area contributed by atoms with Crippen molar-refractivity contribution in [3.8, 4) is 5.19 Å². The lowest BCUT2D eigenvalue weighted by atomic mass is 10.0. The number of hydrogen-bond acceptors (Lipinski definition) is 6. The first-order valence-corrected chi connectivity index (χ1v) is 7.88. The summed E-state index contributed by atoms with van der Waals surface area (Å²) in [5.74, 6) is 0.